The number of hydrogen-bond acceptors (Lipinski definition) is 4. The Balaban J connectivity index is 2.06. The molecular formula is C14H10BrN3OS. The minimum atomic E-state index is -0.104. The lowest BCUT2D eigenvalue weighted by Crippen LogP contribution is -2.14. The molecule has 20 heavy (non-hydrogen) atoms. The van der Waals surface area contributed by atoms with E-state index in [4.69, 9.17) is 0 Å². The molecule has 6 heteroatoms. The van der Waals surface area contributed by atoms with Crippen molar-refractivity contribution >= 4 is 44.4 Å². The minimum Gasteiger partial charge on any atom is -0.268 e. The number of thiazole rings is 1. The number of halogens is 1. The molecular weight excluding hydrogens is 338 g/mol. The Hall–Kier alpha value is -1.79. The number of nitrogens with zero attached hydrogens (tertiary/aromatic N) is 3. The second-order valence-electron chi connectivity index (χ2n) is 4.21. The van der Waals surface area contributed by atoms with Crippen molar-refractivity contribution in [2.75, 3.05) is 0 Å². The van der Waals surface area contributed by atoms with Gasteiger partial charge in [0.2, 0.25) is 0 Å². The van der Waals surface area contributed by atoms with Crippen LogP contribution in [0.5, 0.6) is 0 Å². The number of fused-ring (bicyclic) bond motifs is 1. The van der Waals surface area contributed by atoms with Gasteiger partial charge in [0.05, 0.1) is 11.4 Å². The van der Waals surface area contributed by atoms with Gasteiger partial charge in [-0.2, -0.15) is 0 Å². The number of pyridine rings is 1. The van der Waals surface area contributed by atoms with Crippen LogP contribution in [-0.4, -0.2) is 14.4 Å². The summed E-state index contributed by atoms with van der Waals surface area (Å²) in [6, 6.07) is 5.80. The maximum atomic E-state index is 12.1. The second kappa shape index (κ2) is 5.30. The van der Waals surface area contributed by atoms with Crippen LogP contribution in [-0.2, 0) is 0 Å². The van der Waals surface area contributed by atoms with Crippen molar-refractivity contribution in [3.63, 3.8) is 0 Å². The van der Waals surface area contributed by atoms with E-state index in [0.717, 1.165) is 11.4 Å². The van der Waals surface area contributed by atoms with Crippen LogP contribution >= 0.6 is 27.3 Å². The van der Waals surface area contributed by atoms with E-state index in [-0.39, 0.29) is 5.56 Å². The summed E-state index contributed by atoms with van der Waals surface area (Å²) >= 11 is 4.74. The van der Waals surface area contributed by atoms with Crippen molar-refractivity contribution in [3.05, 3.63) is 61.7 Å². The molecule has 3 aromatic heterocycles. The van der Waals surface area contributed by atoms with Crippen molar-refractivity contribution in [2.45, 2.75) is 6.92 Å². The average molecular weight is 348 g/mol. The number of rotatable bonds is 2. The van der Waals surface area contributed by atoms with Gasteiger partial charge in [-0.1, -0.05) is 6.07 Å². The molecule has 0 spiro atoms. The fourth-order valence-electron chi connectivity index (χ4n) is 1.81. The summed E-state index contributed by atoms with van der Waals surface area (Å²) < 4.78 is 1.98. The van der Waals surface area contributed by atoms with E-state index in [1.165, 1.54) is 15.7 Å². The zero-order valence-corrected chi connectivity index (χ0v) is 13.0. The van der Waals surface area contributed by atoms with Crippen LogP contribution in [0.15, 0.2) is 39.0 Å². The standard InChI is InChI=1S/C14H10BrN3OS/c1-9-3-2-4-10(16-9)5-6-11-12(15)13(19)18-7-8-20-14(18)17-11/h2-8H,1H3/b6-5+. The Labute approximate surface area is 127 Å². The molecule has 0 aliphatic heterocycles. The molecule has 100 valence electrons. The normalized spacial score (nSPS) is 11.5. The summed E-state index contributed by atoms with van der Waals surface area (Å²) in [5.74, 6) is 0. The van der Waals surface area contributed by atoms with Gasteiger partial charge in [0.1, 0.15) is 4.47 Å². The topological polar surface area (TPSA) is 47.3 Å². The smallest absolute Gasteiger partial charge is 0.268 e. The Bertz CT molecular complexity index is 866. The summed E-state index contributed by atoms with van der Waals surface area (Å²) in [7, 11) is 0. The van der Waals surface area contributed by atoms with Crippen LogP contribution < -0.4 is 5.56 Å². The molecule has 0 amide bonds. The van der Waals surface area contributed by atoms with Crippen LogP contribution in [0.2, 0.25) is 0 Å². The lowest BCUT2D eigenvalue weighted by molar-refractivity contribution is 1.05. The van der Waals surface area contributed by atoms with Crippen LogP contribution in [0.3, 0.4) is 0 Å². The highest BCUT2D eigenvalue weighted by Gasteiger charge is 2.08. The monoisotopic (exact) mass is 347 g/mol. The first-order valence-electron chi connectivity index (χ1n) is 5.92. The van der Waals surface area contributed by atoms with E-state index >= 15 is 0 Å². The van der Waals surface area contributed by atoms with Gasteiger partial charge >= 0.3 is 0 Å². The zero-order valence-electron chi connectivity index (χ0n) is 10.6. The first kappa shape index (κ1) is 13.2. The molecule has 4 nitrogen and oxygen atoms in total. The largest absolute Gasteiger partial charge is 0.273 e. The van der Waals surface area contributed by atoms with Crippen LogP contribution in [0.25, 0.3) is 17.1 Å². The van der Waals surface area contributed by atoms with E-state index in [9.17, 15) is 4.79 Å². The molecule has 0 aliphatic carbocycles. The molecule has 0 aliphatic rings. The predicted molar refractivity (Wildman–Crippen MR) is 84.9 cm³/mol. The summed E-state index contributed by atoms with van der Waals surface area (Å²) in [6.45, 7) is 1.94. The van der Waals surface area contributed by atoms with E-state index < -0.39 is 0 Å². The average Bonchev–Trinajstić information content (AvgIpc) is 2.90. The summed E-state index contributed by atoms with van der Waals surface area (Å²) in [5.41, 5.74) is 2.30. The summed E-state index contributed by atoms with van der Waals surface area (Å²) in [6.07, 6.45) is 5.37. The van der Waals surface area contributed by atoms with Gasteiger partial charge in [-0.25, -0.2) is 4.98 Å². The van der Waals surface area contributed by atoms with Gasteiger partial charge in [0.15, 0.2) is 4.96 Å². The lowest BCUT2D eigenvalue weighted by Gasteiger charge is -1.99. The summed E-state index contributed by atoms with van der Waals surface area (Å²) in [5, 5.41) is 1.84. The molecule has 0 N–H and O–H groups in total. The van der Waals surface area contributed by atoms with E-state index in [0.29, 0.717) is 15.1 Å². The second-order valence-corrected chi connectivity index (χ2v) is 5.87. The van der Waals surface area contributed by atoms with E-state index in [1.54, 1.807) is 12.3 Å². The van der Waals surface area contributed by atoms with Gasteiger partial charge in [-0.05, 0) is 47.1 Å². The van der Waals surface area contributed by atoms with Crippen LogP contribution in [0.1, 0.15) is 17.1 Å². The van der Waals surface area contributed by atoms with E-state index in [1.807, 2.05) is 36.6 Å². The van der Waals surface area contributed by atoms with Gasteiger partial charge < -0.3 is 0 Å². The third-order valence-electron chi connectivity index (χ3n) is 2.76. The van der Waals surface area contributed by atoms with Gasteiger partial charge in [0, 0.05) is 17.3 Å². The first-order chi connectivity index (χ1) is 9.65. The third-order valence-corrected chi connectivity index (χ3v) is 4.26. The van der Waals surface area contributed by atoms with Crippen LogP contribution in [0, 0.1) is 6.92 Å². The molecule has 0 saturated carbocycles. The highest BCUT2D eigenvalue weighted by molar-refractivity contribution is 9.10. The molecule has 0 radical (unpaired) electrons. The third kappa shape index (κ3) is 2.44. The zero-order chi connectivity index (χ0) is 14.1. The fraction of sp³-hybridized carbons (Fsp3) is 0.0714. The van der Waals surface area contributed by atoms with Gasteiger partial charge in [-0.15, -0.1) is 11.3 Å². The van der Waals surface area contributed by atoms with Crippen molar-refractivity contribution in [3.8, 4) is 0 Å². The molecule has 0 fully saturated rings. The van der Waals surface area contributed by atoms with Crippen molar-refractivity contribution < 1.29 is 0 Å². The predicted octanol–water partition coefficient (Wildman–Crippen LogP) is 3.39. The molecule has 3 rings (SSSR count). The quantitative estimate of drug-likeness (QED) is 0.713. The number of aromatic nitrogens is 3. The highest BCUT2D eigenvalue weighted by atomic mass is 79.9. The molecule has 0 bridgehead atoms. The maximum absolute atomic E-state index is 12.1. The van der Waals surface area contributed by atoms with E-state index in [2.05, 4.69) is 25.9 Å². The fourth-order valence-corrected chi connectivity index (χ4v) is 2.93. The molecule has 0 unspecified atom stereocenters. The van der Waals surface area contributed by atoms with Crippen molar-refractivity contribution in [2.24, 2.45) is 0 Å². The minimum absolute atomic E-state index is 0.104. The number of aryl methyl sites for hydroxylation is 1. The van der Waals surface area contributed by atoms with Crippen molar-refractivity contribution in [1.82, 2.24) is 14.4 Å². The lowest BCUT2D eigenvalue weighted by atomic mass is 10.2. The summed E-state index contributed by atoms with van der Waals surface area (Å²) in [4.78, 5) is 21.6. The van der Waals surface area contributed by atoms with Gasteiger partial charge in [-0.3, -0.25) is 14.2 Å². The Morgan fingerprint density at radius 2 is 2.15 bits per heavy atom. The first-order valence-corrected chi connectivity index (χ1v) is 7.59. The Morgan fingerprint density at radius 3 is 2.95 bits per heavy atom. The molecule has 0 atom stereocenters. The van der Waals surface area contributed by atoms with Crippen molar-refractivity contribution in [1.29, 1.82) is 0 Å². The molecule has 0 aromatic carbocycles. The molecule has 3 heterocycles. The molecule has 0 saturated heterocycles. The SMILES string of the molecule is Cc1cccc(/C=C/c2nc3sccn3c(=O)c2Br)n1. The number of hydrogen-bond donors (Lipinski definition) is 0. The molecule has 3 aromatic rings. The highest BCUT2D eigenvalue weighted by Crippen LogP contribution is 2.16. The van der Waals surface area contributed by atoms with Gasteiger partial charge in [0.25, 0.3) is 5.56 Å². The Kier molecular flexibility index (Phi) is 3.50. The maximum Gasteiger partial charge on any atom is 0.273 e. The Morgan fingerprint density at radius 1 is 1.30 bits per heavy atom. The van der Waals surface area contributed by atoms with Crippen LogP contribution in [0.4, 0.5) is 0 Å².